The first-order valence-electron chi connectivity index (χ1n) is 5.84. The summed E-state index contributed by atoms with van der Waals surface area (Å²) in [4.78, 5) is 6.53. The zero-order chi connectivity index (χ0) is 11.5. The summed E-state index contributed by atoms with van der Waals surface area (Å²) in [5.74, 6) is 0. The van der Waals surface area contributed by atoms with Crippen LogP contribution in [-0.4, -0.2) is 42.5 Å². The maximum atomic E-state index is 3.52. The summed E-state index contributed by atoms with van der Waals surface area (Å²) >= 11 is 5.37. The Balaban J connectivity index is 1.91. The molecule has 2 rings (SSSR count). The van der Waals surface area contributed by atoms with Crippen LogP contribution in [0.5, 0.6) is 0 Å². The van der Waals surface area contributed by atoms with E-state index in [1.807, 2.05) is 11.3 Å². The average molecular weight is 303 g/mol. The molecule has 2 nitrogen and oxygen atoms in total. The van der Waals surface area contributed by atoms with Crippen molar-refractivity contribution in [2.45, 2.75) is 25.9 Å². The highest BCUT2D eigenvalue weighted by atomic mass is 79.9. The van der Waals surface area contributed by atoms with Crippen molar-refractivity contribution in [3.63, 3.8) is 0 Å². The zero-order valence-electron chi connectivity index (χ0n) is 9.95. The van der Waals surface area contributed by atoms with E-state index in [1.54, 1.807) is 0 Å². The van der Waals surface area contributed by atoms with Crippen LogP contribution in [0.2, 0.25) is 0 Å². The van der Waals surface area contributed by atoms with E-state index in [0.717, 1.165) is 12.6 Å². The minimum Gasteiger partial charge on any atom is -0.301 e. The molecule has 0 amide bonds. The van der Waals surface area contributed by atoms with Crippen molar-refractivity contribution in [1.29, 1.82) is 0 Å². The van der Waals surface area contributed by atoms with Crippen LogP contribution in [0.1, 0.15) is 18.2 Å². The van der Waals surface area contributed by atoms with E-state index < -0.39 is 0 Å². The highest BCUT2D eigenvalue weighted by Gasteiger charge is 2.22. The van der Waals surface area contributed by atoms with Crippen LogP contribution in [0, 0.1) is 0 Å². The first-order chi connectivity index (χ1) is 7.69. The zero-order valence-corrected chi connectivity index (χ0v) is 12.4. The molecule has 1 aliphatic heterocycles. The highest BCUT2D eigenvalue weighted by molar-refractivity contribution is 9.10. The first kappa shape index (κ1) is 12.6. The molecule has 0 aromatic carbocycles. The number of hydrogen-bond acceptors (Lipinski definition) is 3. The Hall–Kier alpha value is 0.1000. The average Bonchev–Trinajstić information content (AvgIpc) is 2.67. The van der Waals surface area contributed by atoms with Crippen molar-refractivity contribution in [2.75, 3.05) is 26.7 Å². The van der Waals surface area contributed by atoms with Gasteiger partial charge in [-0.2, -0.15) is 0 Å². The molecule has 0 radical (unpaired) electrons. The van der Waals surface area contributed by atoms with Gasteiger partial charge in [0, 0.05) is 47.0 Å². The molecular formula is C12H19BrN2S. The van der Waals surface area contributed by atoms with E-state index in [9.17, 15) is 0 Å². The van der Waals surface area contributed by atoms with E-state index in [2.05, 4.69) is 51.1 Å². The Kier molecular flexibility index (Phi) is 4.41. The predicted molar refractivity (Wildman–Crippen MR) is 74.0 cm³/mol. The molecular weight excluding hydrogens is 284 g/mol. The molecule has 2 heterocycles. The van der Waals surface area contributed by atoms with Gasteiger partial charge in [0.2, 0.25) is 0 Å². The molecule has 4 heteroatoms. The lowest BCUT2D eigenvalue weighted by Gasteiger charge is -2.38. The SMILES string of the molecule is CCC1CN(Cc2cc(Br)cs2)CCN1C. The lowest BCUT2D eigenvalue weighted by Crippen LogP contribution is -2.50. The molecule has 0 spiro atoms. The lowest BCUT2D eigenvalue weighted by atomic mass is 10.1. The maximum Gasteiger partial charge on any atom is 0.0329 e. The number of piperazine rings is 1. The Morgan fingerprint density at radius 2 is 2.31 bits per heavy atom. The number of halogens is 1. The third kappa shape index (κ3) is 3.06. The van der Waals surface area contributed by atoms with Gasteiger partial charge >= 0.3 is 0 Å². The third-order valence-electron chi connectivity index (χ3n) is 3.33. The fraction of sp³-hybridized carbons (Fsp3) is 0.667. The number of hydrogen-bond donors (Lipinski definition) is 0. The number of likely N-dealkylation sites (N-methyl/N-ethyl adjacent to an activating group) is 1. The van der Waals surface area contributed by atoms with E-state index in [4.69, 9.17) is 0 Å². The summed E-state index contributed by atoms with van der Waals surface area (Å²) in [7, 11) is 2.24. The third-order valence-corrected chi connectivity index (χ3v) is 5.02. The van der Waals surface area contributed by atoms with Gasteiger partial charge in [0.15, 0.2) is 0 Å². The van der Waals surface area contributed by atoms with Crippen molar-refractivity contribution in [2.24, 2.45) is 0 Å². The number of rotatable bonds is 3. The van der Waals surface area contributed by atoms with Crippen LogP contribution in [0.3, 0.4) is 0 Å². The molecule has 0 bridgehead atoms. The number of thiophene rings is 1. The van der Waals surface area contributed by atoms with Crippen LogP contribution in [0.4, 0.5) is 0 Å². The molecule has 1 atom stereocenters. The van der Waals surface area contributed by atoms with Crippen molar-refractivity contribution in [1.82, 2.24) is 9.80 Å². The van der Waals surface area contributed by atoms with E-state index in [-0.39, 0.29) is 0 Å². The smallest absolute Gasteiger partial charge is 0.0329 e. The van der Waals surface area contributed by atoms with Gasteiger partial charge in [0.25, 0.3) is 0 Å². The Bertz CT molecular complexity index is 340. The highest BCUT2D eigenvalue weighted by Crippen LogP contribution is 2.22. The van der Waals surface area contributed by atoms with Crippen molar-refractivity contribution in [3.8, 4) is 0 Å². The van der Waals surface area contributed by atoms with Crippen LogP contribution in [0.15, 0.2) is 15.9 Å². The van der Waals surface area contributed by atoms with Gasteiger partial charge in [-0.25, -0.2) is 0 Å². The molecule has 16 heavy (non-hydrogen) atoms. The van der Waals surface area contributed by atoms with Crippen LogP contribution < -0.4 is 0 Å². The molecule has 0 aliphatic carbocycles. The van der Waals surface area contributed by atoms with Gasteiger partial charge in [-0.05, 0) is 35.5 Å². The Morgan fingerprint density at radius 1 is 1.50 bits per heavy atom. The topological polar surface area (TPSA) is 6.48 Å². The van der Waals surface area contributed by atoms with Gasteiger partial charge in [0.1, 0.15) is 0 Å². The van der Waals surface area contributed by atoms with Crippen molar-refractivity contribution >= 4 is 27.3 Å². The fourth-order valence-corrected chi connectivity index (χ4v) is 3.74. The van der Waals surface area contributed by atoms with Crippen molar-refractivity contribution < 1.29 is 0 Å². The Morgan fingerprint density at radius 3 is 2.94 bits per heavy atom. The molecule has 90 valence electrons. The van der Waals surface area contributed by atoms with Gasteiger partial charge < -0.3 is 4.90 Å². The Labute approximate surface area is 110 Å². The fourth-order valence-electron chi connectivity index (χ4n) is 2.25. The molecule has 1 aliphatic rings. The predicted octanol–water partition coefficient (Wildman–Crippen LogP) is 3.04. The second-order valence-electron chi connectivity index (χ2n) is 4.51. The van der Waals surface area contributed by atoms with E-state index in [0.29, 0.717) is 0 Å². The second-order valence-corrected chi connectivity index (χ2v) is 6.42. The van der Waals surface area contributed by atoms with Gasteiger partial charge in [0.05, 0.1) is 0 Å². The van der Waals surface area contributed by atoms with Gasteiger partial charge in [-0.3, -0.25) is 4.90 Å². The van der Waals surface area contributed by atoms with Crippen molar-refractivity contribution in [3.05, 3.63) is 20.8 Å². The maximum absolute atomic E-state index is 3.52. The molecule has 1 fully saturated rings. The second kappa shape index (κ2) is 5.63. The summed E-state index contributed by atoms with van der Waals surface area (Å²) in [5.41, 5.74) is 0. The van der Waals surface area contributed by atoms with Crippen LogP contribution in [-0.2, 0) is 6.54 Å². The molecule has 0 N–H and O–H groups in total. The largest absolute Gasteiger partial charge is 0.301 e. The normalized spacial score (nSPS) is 23.8. The summed E-state index contributed by atoms with van der Waals surface area (Å²) in [5, 5.41) is 2.17. The van der Waals surface area contributed by atoms with Gasteiger partial charge in [-0.1, -0.05) is 6.92 Å². The monoisotopic (exact) mass is 302 g/mol. The summed E-state index contributed by atoms with van der Waals surface area (Å²) in [6, 6.07) is 2.97. The quantitative estimate of drug-likeness (QED) is 0.847. The van der Waals surface area contributed by atoms with E-state index >= 15 is 0 Å². The first-order valence-corrected chi connectivity index (χ1v) is 7.51. The summed E-state index contributed by atoms with van der Waals surface area (Å²) in [6.07, 6.45) is 1.25. The lowest BCUT2D eigenvalue weighted by molar-refractivity contribution is 0.0890. The summed E-state index contributed by atoms with van der Waals surface area (Å²) in [6.45, 7) is 7.00. The van der Waals surface area contributed by atoms with Crippen LogP contribution in [0.25, 0.3) is 0 Å². The van der Waals surface area contributed by atoms with Gasteiger partial charge in [-0.15, -0.1) is 11.3 Å². The summed E-state index contributed by atoms with van der Waals surface area (Å²) < 4.78 is 1.22. The van der Waals surface area contributed by atoms with Crippen LogP contribution >= 0.6 is 27.3 Å². The van der Waals surface area contributed by atoms with E-state index in [1.165, 1.54) is 35.4 Å². The minimum atomic E-state index is 0.733. The minimum absolute atomic E-state index is 0.733. The molecule has 1 unspecified atom stereocenters. The molecule has 1 aromatic rings. The molecule has 1 saturated heterocycles. The standard InChI is InChI=1S/C12H19BrN2S/c1-3-11-7-15(5-4-14(11)2)8-12-6-10(13)9-16-12/h6,9,11H,3-5,7-8H2,1-2H3. The molecule has 0 saturated carbocycles. The molecule has 1 aromatic heterocycles. The number of nitrogens with zero attached hydrogens (tertiary/aromatic N) is 2.